The number of hydrogen-bond donors (Lipinski definition) is 4. The van der Waals surface area contributed by atoms with Gasteiger partial charge in [0.1, 0.15) is 11.8 Å². The van der Waals surface area contributed by atoms with Crippen molar-refractivity contribution in [3.63, 3.8) is 0 Å². The second-order valence-electron chi connectivity index (χ2n) is 8.57. The van der Waals surface area contributed by atoms with Gasteiger partial charge < -0.3 is 30.7 Å². The summed E-state index contributed by atoms with van der Waals surface area (Å²) >= 11 is 0.968. The van der Waals surface area contributed by atoms with Gasteiger partial charge in [0.05, 0.1) is 10.4 Å². The number of nitrogens with two attached hydrogens (primary N) is 1. The van der Waals surface area contributed by atoms with Crippen molar-refractivity contribution >= 4 is 53.2 Å². The Balaban J connectivity index is 1.52. The van der Waals surface area contributed by atoms with Crippen LogP contribution in [0.4, 0.5) is 9.93 Å². The molecular formula is C22H24BN5O8S. The molecule has 5 N–H and O–H groups in total. The lowest BCUT2D eigenvalue weighted by Gasteiger charge is -2.33. The summed E-state index contributed by atoms with van der Waals surface area (Å²) in [7, 11) is -1.47. The molecule has 1 unspecified atom stereocenters. The predicted octanol–water partition coefficient (Wildman–Crippen LogP) is 0.310. The summed E-state index contributed by atoms with van der Waals surface area (Å²) in [6, 6.07) is 2.37. The highest BCUT2D eigenvalue weighted by atomic mass is 32.1. The van der Waals surface area contributed by atoms with E-state index in [0.29, 0.717) is 17.0 Å². The largest absolute Gasteiger partial charge is 0.535 e. The first kappa shape index (κ1) is 26.1. The number of ketones is 1. The number of urea groups is 1. The Morgan fingerprint density at radius 3 is 2.70 bits per heavy atom. The third-order valence-electron chi connectivity index (χ3n) is 6.27. The molecule has 13 nitrogen and oxygen atoms in total. The van der Waals surface area contributed by atoms with Crippen LogP contribution in [0.3, 0.4) is 0 Å². The molecule has 2 aliphatic heterocycles. The smallest absolute Gasteiger partial charge is 0.526 e. The third-order valence-corrected chi connectivity index (χ3v) is 7.16. The summed E-state index contributed by atoms with van der Waals surface area (Å²) in [6.07, 6.45) is 1.23. The second kappa shape index (κ2) is 10.6. The summed E-state index contributed by atoms with van der Waals surface area (Å²) in [5.74, 6) is -4.24. The van der Waals surface area contributed by atoms with Crippen LogP contribution in [-0.2, 0) is 20.8 Å². The van der Waals surface area contributed by atoms with Gasteiger partial charge >= 0.3 is 30.9 Å². The summed E-state index contributed by atoms with van der Waals surface area (Å²) in [5, 5.41) is 22.6. The standard InChI is InChI=1S/C22H24BN5O8S/c1-2-27-6-7-28(19(31)18(27)30)22(34)26-16(15-10-25-21(24)37-15)14(29)9-12-8-11-4-3-5-13(20(32)33)17(11)36-23(12)35/h3-5,10,12,16,35H,2,6-9H2,1H3,(H2,24,25)(H,26,34)(H,32,33)/t12-,16?/m1/s1. The molecular weight excluding hydrogens is 505 g/mol. The Morgan fingerprint density at radius 1 is 1.30 bits per heavy atom. The van der Waals surface area contributed by atoms with E-state index in [-0.39, 0.29) is 42.4 Å². The number of anilines is 1. The molecule has 2 aliphatic rings. The summed E-state index contributed by atoms with van der Waals surface area (Å²) < 4.78 is 5.46. The molecule has 1 aromatic carbocycles. The number of para-hydroxylation sites is 1. The van der Waals surface area contributed by atoms with Crippen molar-refractivity contribution in [1.29, 1.82) is 0 Å². The van der Waals surface area contributed by atoms with Crippen molar-refractivity contribution in [1.82, 2.24) is 20.1 Å². The molecule has 0 saturated carbocycles. The van der Waals surface area contributed by atoms with Crippen molar-refractivity contribution in [3.05, 3.63) is 40.4 Å². The monoisotopic (exact) mass is 529 g/mol. The quantitative estimate of drug-likeness (QED) is 0.287. The number of nitrogens with zero attached hydrogens (tertiary/aromatic N) is 3. The van der Waals surface area contributed by atoms with Crippen LogP contribution in [0.5, 0.6) is 5.75 Å². The molecule has 2 atom stereocenters. The van der Waals surface area contributed by atoms with Crippen molar-refractivity contribution in [2.24, 2.45) is 0 Å². The number of aromatic nitrogens is 1. The van der Waals surface area contributed by atoms with E-state index in [2.05, 4.69) is 10.3 Å². The fourth-order valence-corrected chi connectivity index (χ4v) is 5.08. The zero-order valence-corrected chi connectivity index (χ0v) is 20.6. The lowest BCUT2D eigenvalue weighted by atomic mass is 9.64. The van der Waals surface area contributed by atoms with Gasteiger partial charge in [0.25, 0.3) is 0 Å². The SMILES string of the molecule is CCN1CCN(C(=O)NC(C(=O)C[C@H]2Cc3cccc(C(=O)O)c3OB2O)c2cnc(N)s2)C(=O)C1=O. The van der Waals surface area contributed by atoms with Crippen LogP contribution in [0.2, 0.25) is 5.82 Å². The molecule has 1 fully saturated rings. The predicted molar refractivity (Wildman–Crippen MR) is 131 cm³/mol. The summed E-state index contributed by atoms with van der Waals surface area (Å²) in [5.41, 5.74) is 6.13. The number of carbonyl (C=O) groups is 5. The van der Waals surface area contributed by atoms with E-state index < -0.39 is 48.6 Å². The number of nitrogens with one attached hydrogen (secondary N) is 1. The molecule has 3 heterocycles. The van der Waals surface area contributed by atoms with Crippen molar-refractivity contribution in [3.8, 4) is 5.75 Å². The number of carbonyl (C=O) groups excluding carboxylic acids is 4. The first-order chi connectivity index (χ1) is 17.6. The number of Topliss-reactive ketones (excluding diaryl/α,β-unsaturated/α-hetero) is 1. The Morgan fingerprint density at radius 2 is 2.05 bits per heavy atom. The number of hydrogen-bond acceptors (Lipinski definition) is 10. The van der Waals surface area contributed by atoms with Gasteiger partial charge in [-0.05, 0) is 25.0 Å². The van der Waals surface area contributed by atoms with E-state index in [0.717, 1.165) is 16.2 Å². The van der Waals surface area contributed by atoms with Crippen molar-refractivity contribution in [2.75, 3.05) is 25.4 Å². The number of thiazole rings is 1. The number of piperazine rings is 1. The Hall–Kier alpha value is -3.98. The minimum Gasteiger partial charge on any atom is -0.535 e. The molecule has 37 heavy (non-hydrogen) atoms. The van der Waals surface area contributed by atoms with Gasteiger partial charge in [-0.15, -0.1) is 0 Å². The lowest BCUT2D eigenvalue weighted by molar-refractivity contribution is -0.153. The molecule has 0 spiro atoms. The van der Waals surface area contributed by atoms with Crippen molar-refractivity contribution in [2.45, 2.75) is 31.6 Å². The number of amides is 4. The van der Waals surface area contributed by atoms with E-state index >= 15 is 0 Å². The number of aromatic carboxylic acids is 1. The maximum atomic E-state index is 13.4. The fraction of sp³-hybridized carbons (Fsp3) is 0.364. The molecule has 0 aliphatic carbocycles. The molecule has 1 aromatic heterocycles. The number of imide groups is 1. The van der Waals surface area contributed by atoms with Crippen LogP contribution < -0.4 is 15.7 Å². The first-order valence-corrected chi connectivity index (χ1v) is 12.3. The molecule has 2 aromatic rings. The van der Waals surface area contributed by atoms with E-state index in [4.69, 9.17) is 10.4 Å². The van der Waals surface area contributed by atoms with Gasteiger partial charge in [-0.1, -0.05) is 23.5 Å². The molecule has 4 amide bonds. The topological polar surface area (TPSA) is 192 Å². The average molecular weight is 529 g/mol. The number of carboxylic acids is 1. The molecule has 1 saturated heterocycles. The van der Waals surface area contributed by atoms with Crippen LogP contribution >= 0.6 is 11.3 Å². The van der Waals surface area contributed by atoms with E-state index in [1.54, 1.807) is 19.1 Å². The number of fused-ring (bicyclic) bond motifs is 1. The normalized spacial score (nSPS) is 18.2. The zero-order valence-electron chi connectivity index (χ0n) is 19.7. The molecule has 0 bridgehead atoms. The lowest BCUT2D eigenvalue weighted by Crippen LogP contribution is -2.58. The van der Waals surface area contributed by atoms with E-state index in [1.807, 2.05) is 0 Å². The van der Waals surface area contributed by atoms with Gasteiger partial charge in [0.15, 0.2) is 10.9 Å². The van der Waals surface area contributed by atoms with Gasteiger partial charge in [-0.2, -0.15) is 0 Å². The minimum atomic E-state index is -1.47. The Kier molecular flexibility index (Phi) is 7.45. The van der Waals surface area contributed by atoms with Crippen molar-refractivity contribution < 1.29 is 38.8 Å². The summed E-state index contributed by atoms with van der Waals surface area (Å²) in [4.78, 5) is 68.8. The van der Waals surface area contributed by atoms with Crippen LogP contribution in [-0.4, -0.2) is 81.3 Å². The van der Waals surface area contributed by atoms with Gasteiger partial charge in [0.2, 0.25) is 0 Å². The zero-order chi connectivity index (χ0) is 26.9. The number of likely N-dealkylation sites (N-methyl/N-ethyl adjacent to an activating group) is 1. The highest BCUT2D eigenvalue weighted by molar-refractivity contribution is 7.15. The van der Waals surface area contributed by atoms with E-state index in [9.17, 15) is 34.1 Å². The number of benzene rings is 1. The highest BCUT2D eigenvalue weighted by Crippen LogP contribution is 2.37. The molecule has 0 radical (unpaired) electrons. The first-order valence-electron chi connectivity index (χ1n) is 11.5. The minimum absolute atomic E-state index is 0.0339. The van der Waals surface area contributed by atoms with Gasteiger partial charge in [-0.25, -0.2) is 14.6 Å². The molecule has 15 heteroatoms. The summed E-state index contributed by atoms with van der Waals surface area (Å²) in [6.45, 7) is 2.18. The van der Waals surface area contributed by atoms with Crippen LogP contribution in [0.15, 0.2) is 24.4 Å². The van der Waals surface area contributed by atoms with Crippen LogP contribution in [0.1, 0.15) is 40.2 Å². The Labute approximate surface area is 215 Å². The van der Waals surface area contributed by atoms with E-state index in [1.165, 1.54) is 17.2 Å². The van der Waals surface area contributed by atoms with Gasteiger partial charge in [0, 0.05) is 38.1 Å². The Bertz CT molecular complexity index is 1270. The third kappa shape index (κ3) is 5.27. The maximum absolute atomic E-state index is 13.4. The maximum Gasteiger partial charge on any atom is 0.526 e. The van der Waals surface area contributed by atoms with Crippen LogP contribution in [0.25, 0.3) is 0 Å². The average Bonchev–Trinajstić information content (AvgIpc) is 3.29. The van der Waals surface area contributed by atoms with Crippen LogP contribution in [0, 0.1) is 0 Å². The molecule has 4 rings (SSSR count). The fourth-order valence-electron chi connectivity index (χ4n) is 4.32. The number of rotatable bonds is 7. The highest BCUT2D eigenvalue weighted by Gasteiger charge is 2.41. The van der Waals surface area contributed by atoms with Gasteiger partial charge in [-0.3, -0.25) is 19.3 Å². The number of nitrogen functional groups attached to an aromatic ring is 1. The molecule has 194 valence electrons. The second-order valence-corrected chi connectivity index (χ2v) is 9.66. The number of carboxylic acid groups (broad SMARTS) is 1.